The quantitative estimate of drug-likeness (QED) is 0.776. The number of likely N-dealkylation sites (N-methyl/N-ethyl adjacent to an activating group) is 1. The van der Waals surface area contributed by atoms with Gasteiger partial charge >= 0.3 is 0 Å². The van der Waals surface area contributed by atoms with Crippen molar-refractivity contribution in [1.82, 2.24) is 4.90 Å². The first-order valence-corrected chi connectivity index (χ1v) is 7.78. The molecule has 0 aliphatic heterocycles. The number of hydrogen-bond acceptors (Lipinski definition) is 1. The fourth-order valence-corrected chi connectivity index (χ4v) is 2.34. The highest BCUT2D eigenvalue weighted by atomic mass is 35.5. The van der Waals surface area contributed by atoms with Crippen molar-refractivity contribution in [2.75, 3.05) is 13.6 Å². The molecular weight excluding hydrogens is 302 g/mol. The van der Waals surface area contributed by atoms with Crippen LogP contribution in [0.15, 0.2) is 54.6 Å². The minimum atomic E-state index is 0. The lowest BCUT2D eigenvalue weighted by Gasteiger charge is -2.15. The molecule has 0 heterocycles. The maximum atomic E-state index is 3.21. The third-order valence-corrected chi connectivity index (χ3v) is 3.39. The van der Waals surface area contributed by atoms with Crippen molar-refractivity contribution in [3.05, 3.63) is 60.2 Å². The van der Waals surface area contributed by atoms with Gasteiger partial charge in [0.1, 0.15) is 0 Å². The van der Waals surface area contributed by atoms with Crippen molar-refractivity contribution in [3.8, 4) is 11.8 Å². The molecule has 0 amide bonds. The number of hydrogen-bond donors (Lipinski definition) is 0. The molecule has 2 aromatic rings. The molecule has 0 fully saturated rings. The molecule has 0 saturated heterocycles. The van der Waals surface area contributed by atoms with E-state index in [0.29, 0.717) is 0 Å². The average Bonchev–Trinajstić information content (AvgIpc) is 2.46. The Bertz CT molecular complexity index is 708. The maximum Gasteiger partial charge on any atom is 0.0240 e. The zero-order chi connectivity index (χ0) is 16.0. The molecule has 122 valence electrons. The minimum Gasteiger partial charge on any atom is -1.00 e. The van der Waals surface area contributed by atoms with Gasteiger partial charge in [0.2, 0.25) is 0 Å². The van der Waals surface area contributed by atoms with Gasteiger partial charge in [-0.15, -0.1) is 0 Å². The van der Waals surface area contributed by atoms with Crippen LogP contribution in [0.1, 0.15) is 26.3 Å². The van der Waals surface area contributed by atoms with Crippen molar-refractivity contribution in [3.63, 3.8) is 0 Å². The van der Waals surface area contributed by atoms with E-state index in [4.69, 9.17) is 0 Å². The van der Waals surface area contributed by atoms with Gasteiger partial charge in [0.15, 0.2) is 0 Å². The second kappa shape index (κ2) is 8.77. The van der Waals surface area contributed by atoms with Gasteiger partial charge in [0, 0.05) is 18.5 Å². The zero-order valence-electron chi connectivity index (χ0n) is 14.4. The predicted molar refractivity (Wildman–Crippen MR) is 96.7 cm³/mol. The number of fused-ring (bicyclic) bond motifs is 1. The number of halogens is 1. The number of rotatable bonds is 4. The zero-order valence-corrected chi connectivity index (χ0v) is 15.2. The summed E-state index contributed by atoms with van der Waals surface area (Å²) in [7, 11) is 2.14. The Morgan fingerprint density at radius 3 is 2.48 bits per heavy atom. The smallest absolute Gasteiger partial charge is 0.0240 e. The first-order valence-electron chi connectivity index (χ1n) is 7.78. The van der Waals surface area contributed by atoms with Crippen LogP contribution in [-0.2, 0) is 6.54 Å². The Morgan fingerprint density at radius 2 is 1.74 bits per heavy atom. The monoisotopic (exact) mass is 326 g/mol. The highest BCUT2D eigenvalue weighted by Gasteiger charge is 2.03. The Morgan fingerprint density at radius 1 is 1.04 bits per heavy atom. The summed E-state index contributed by atoms with van der Waals surface area (Å²) >= 11 is 0. The van der Waals surface area contributed by atoms with Gasteiger partial charge < -0.3 is 12.4 Å². The molecule has 2 aromatic carbocycles. The van der Waals surface area contributed by atoms with Crippen LogP contribution >= 0.6 is 0 Å². The largest absolute Gasteiger partial charge is 1.00 e. The third-order valence-electron chi connectivity index (χ3n) is 3.39. The van der Waals surface area contributed by atoms with Crippen molar-refractivity contribution >= 4 is 10.8 Å². The normalized spacial score (nSPS) is 11.3. The fourth-order valence-electron chi connectivity index (χ4n) is 2.34. The topological polar surface area (TPSA) is 3.24 Å². The molecule has 1 nitrogen and oxygen atoms in total. The highest BCUT2D eigenvalue weighted by Crippen LogP contribution is 2.19. The first-order chi connectivity index (χ1) is 10.5. The minimum absolute atomic E-state index is 0. The summed E-state index contributed by atoms with van der Waals surface area (Å²) in [5.41, 5.74) is 1.44. The van der Waals surface area contributed by atoms with Gasteiger partial charge in [-0.1, -0.05) is 60.4 Å². The van der Waals surface area contributed by atoms with E-state index in [2.05, 4.69) is 93.1 Å². The number of nitrogens with zero attached hydrogens (tertiary/aromatic N) is 1. The van der Waals surface area contributed by atoms with E-state index in [0.717, 1.165) is 13.1 Å². The van der Waals surface area contributed by atoms with Crippen LogP contribution < -0.4 is 12.4 Å². The molecule has 0 bridgehead atoms. The lowest BCUT2D eigenvalue weighted by Crippen LogP contribution is -3.00. The molecule has 23 heavy (non-hydrogen) atoms. The van der Waals surface area contributed by atoms with E-state index in [-0.39, 0.29) is 17.8 Å². The summed E-state index contributed by atoms with van der Waals surface area (Å²) in [6.07, 6.45) is 4.09. The number of benzene rings is 2. The van der Waals surface area contributed by atoms with E-state index >= 15 is 0 Å². The molecule has 2 heteroatoms. The second-order valence-electron chi connectivity index (χ2n) is 6.76. The molecule has 2 rings (SSSR count). The van der Waals surface area contributed by atoms with Gasteiger partial charge in [-0.25, -0.2) is 0 Å². The molecular formula is C21H25ClN-. The maximum absolute atomic E-state index is 3.21. The molecule has 0 N–H and O–H groups in total. The Kier molecular flexibility index (Phi) is 7.36. The van der Waals surface area contributed by atoms with Crippen LogP contribution in [0.5, 0.6) is 0 Å². The van der Waals surface area contributed by atoms with Crippen LogP contribution in [-0.4, -0.2) is 18.5 Å². The van der Waals surface area contributed by atoms with E-state index in [1.807, 2.05) is 6.08 Å². The molecule has 0 aliphatic carbocycles. The summed E-state index contributed by atoms with van der Waals surface area (Å²) < 4.78 is 0. The third kappa shape index (κ3) is 6.48. The second-order valence-corrected chi connectivity index (χ2v) is 6.76. The lowest BCUT2D eigenvalue weighted by atomic mass is 9.98. The van der Waals surface area contributed by atoms with Gasteiger partial charge in [0.25, 0.3) is 0 Å². The Labute approximate surface area is 146 Å². The van der Waals surface area contributed by atoms with Crippen molar-refractivity contribution in [2.45, 2.75) is 27.3 Å². The SMILES string of the molecule is CN(CC=CC#CC(C)(C)C)Cc1cccc2ccccc12.[Cl-]. The number of allylic oxidation sites excluding steroid dienone is 1. The summed E-state index contributed by atoms with van der Waals surface area (Å²) in [4.78, 5) is 2.30. The molecule has 0 spiro atoms. The van der Waals surface area contributed by atoms with E-state index < -0.39 is 0 Å². The lowest BCUT2D eigenvalue weighted by molar-refractivity contribution is -0.00000500. The van der Waals surface area contributed by atoms with Crippen LogP contribution in [0.4, 0.5) is 0 Å². The molecule has 0 aromatic heterocycles. The summed E-state index contributed by atoms with van der Waals surface area (Å²) in [5, 5.41) is 2.65. The van der Waals surface area contributed by atoms with Crippen molar-refractivity contribution in [1.29, 1.82) is 0 Å². The van der Waals surface area contributed by atoms with Crippen LogP contribution in [0.3, 0.4) is 0 Å². The van der Waals surface area contributed by atoms with E-state index in [1.165, 1.54) is 16.3 Å². The van der Waals surface area contributed by atoms with Crippen LogP contribution in [0.25, 0.3) is 10.8 Å². The first kappa shape index (κ1) is 19.3. The highest BCUT2D eigenvalue weighted by molar-refractivity contribution is 5.85. The molecule has 0 saturated carbocycles. The van der Waals surface area contributed by atoms with Gasteiger partial charge in [-0.2, -0.15) is 0 Å². The fraction of sp³-hybridized carbons (Fsp3) is 0.333. The van der Waals surface area contributed by atoms with Crippen molar-refractivity contribution in [2.24, 2.45) is 5.41 Å². The summed E-state index contributed by atoms with van der Waals surface area (Å²) in [5.74, 6) is 6.33. The summed E-state index contributed by atoms with van der Waals surface area (Å²) in [6.45, 7) is 8.22. The Balaban J connectivity index is 0.00000264. The van der Waals surface area contributed by atoms with E-state index in [1.54, 1.807) is 0 Å². The van der Waals surface area contributed by atoms with E-state index in [9.17, 15) is 0 Å². The van der Waals surface area contributed by atoms with Gasteiger partial charge in [0.05, 0.1) is 0 Å². The van der Waals surface area contributed by atoms with Crippen LogP contribution in [0, 0.1) is 17.3 Å². The van der Waals surface area contributed by atoms with Crippen LogP contribution in [0.2, 0.25) is 0 Å². The average molecular weight is 327 g/mol. The predicted octanol–water partition coefficient (Wildman–Crippen LogP) is 1.88. The molecule has 0 atom stereocenters. The van der Waals surface area contributed by atoms with Gasteiger partial charge in [-0.05, 0) is 50.2 Å². The molecule has 0 aliphatic rings. The Hall–Kier alpha value is -1.75. The molecule has 0 radical (unpaired) electrons. The van der Waals surface area contributed by atoms with Gasteiger partial charge in [-0.3, -0.25) is 4.90 Å². The molecule has 0 unspecified atom stereocenters. The van der Waals surface area contributed by atoms with Crippen molar-refractivity contribution < 1.29 is 12.4 Å². The standard InChI is InChI=1S/C21H25N.ClH/c1-21(2,3)15-8-5-9-16-22(4)17-19-13-10-12-18-11-6-7-14-20(18)19;/h5-7,9-14H,16-17H2,1-4H3;1H/p-1. The summed E-state index contributed by atoms with van der Waals surface area (Å²) in [6, 6.07) is 15.1.